The third-order valence-electron chi connectivity index (χ3n) is 1.67. The molecule has 0 heterocycles. The van der Waals surface area contributed by atoms with E-state index in [2.05, 4.69) is 19.2 Å². The van der Waals surface area contributed by atoms with Gasteiger partial charge in [-0.3, -0.25) is 4.79 Å². The van der Waals surface area contributed by atoms with E-state index < -0.39 is 0 Å². The van der Waals surface area contributed by atoms with E-state index in [1.807, 2.05) is 14.0 Å². The highest BCUT2D eigenvalue weighted by atomic mass is 16.1. The Labute approximate surface area is 63.0 Å². The second kappa shape index (κ2) is 4.45. The monoisotopic (exact) mass is 143 g/mol. The average Bonchev–Trinajstić information content (AvgIpc) is 1.88. The normalized spacial score (nSPS) is 13.7. The number of ketones is 1. The second-order valence-electron chi connectivity index (χ2n) is 2.83. The van der Waals surface area contributed by atoms with Crippen molar-refractivity contribution < 1.29 is 4.79 Å². The van der Waals surface area contributed by atoms with Crippen LogP contribution < -0.4 is 5.32 Å². The fraction of sp³-hybridized carbons (Fsp3) is 0.875. The molecule has 0 unspecified atom stereocenters. The van der Waals surface area contributed by atoms with Crippen LogP contribution in [0.4, 0.5) is 0 Å². The predicted molar refractivity (Wildman–Crippen MR) is 43.0 cm³/mol. The minimum absolute atomic E-state index is 0.0463. The fourth-order valence-electron chi connectivity index (χ4n) is 1.09. The van der Waals surface area contributed by atoms with Gasteiger partial charge in [0.2, 0.25) is 0 Å². The second-order valence-corrected chi connectivity index (χ2v) is 2.83. The summed E-state index contributed by atoms with van der Waals surface area (Å²) < 4.78 is 0. The first-order valence-electron chi connectivity index (χ1n) is 3.83. The molecule has 60 valence electrons. The lowest BCUT2D eigenvalue weighted by Crippen LogP contribution is -2.38. The van der Waals surface area contributed by atoms with E-state index in [0.29, 0.717) is 18.1 Å². The highest BCUT2D eigenvalue weighted by Gasteiger charge is 2.17. The average molecular weight is 143 g/mol. The molecule has 0 aromatic heterocycles. The van der Waals surface area contributed by atoms with Crippen molar-refractivity contribution in [1.82, 2.24) is 5.32 Å². The molecule has 2 nitrogen and oxygen atoms in total. The molecule has 0 aromatic rings. The van der Waals surface area contributed by atoms with Crippen LogP contribution >= 0.6 is 0 Å². The Morgan fingerprint density at radius 2 is 2.00 bits per heavy atom. The highest BCUT2D eigenvalue weighted by molar-refractivity contribution is 5.83. The van der Waals surface area contributed by atoms with Crippen molar-refractivity contribution in [3.8, 4) is 0 Å². The summed E-state index contributed by atoms with van der Waals surface area (Å²) in [6.07, 6.45) is 0.629. The number of likely N-dealkylation sites (N-methyl/N-ethyl adjacent to an activating group) is 1. The molecule has 0 saturated heterocycles. The van der Waals surface area contributed by atoms with Crippen LogP contribution in [0.25, 0.3) is 0 Å². The summed E-state index contributed by atoms with van der Waals surface area (Å²) in [4.78, 5) is 11.1. The van der Waals surface area contributed by atoms with Gasteiger partial charge in [-0.1, -0.05) is 20.8 Å². The maximum Gasteiger partial charge on any atom is 0.149 e. The SMILES string of the molecule is CCC(=O)[C@H](NC)C(C)C. The molecule has 0 bridgehead atoms. The number of Topliss-reactive ketones (excluding diaryl/α,β-unsaturated/α-hetero) is 1. The summed E-state index contributed by atoms with van der Waals surface area (Å²) in [6.45, 7) is 6.00. The molecule has 2 heteroatoms. The van der Waals surface area contributed by atoms with E-state index in [1.54, 1.807) is 0 Å². The topological polar surface area (TPSA) is 29.1 Å². The molecule has 0 saturated carbocycles. The lowest BCUT2D eigenvalue weighted by Gasteiger charge is -2.17. The minimum atomic E-state index is 0.0463. The Morgan fingerprint density at radius 3 is 2.10 bits per heavy atom. The van der Waals surface area contributed by atoms with E-state index in [1.165, 1.54) is 0 Å². The van der Waals surface area contributed by atoms with Gasteiger partial charge in [-0.15, -0.1) is 0 Å². The number of nitrogens with one attached hydrogen (secondary N) is 1. The maximum atomic E-state index is 11.1. The van der Waals surface area contributed by atoms with Crippen LogP contribution in [0.2, 0.25) is 0 Å². The smallest absolute Gasteiger partial charge is 0.149 e. The summed E-state index contributed by atoms with van der Waals surface area (Å²) in [7, 11) is 1.83. The van der Waals surface area contributed by atoms with Crippen molar-refractivity contribution in [1.29, 1.82) is 0 Å². The number of hydrogen-bond donors (Lipinski definition) is 1. The molecule has 1 atom stereocenters. The van der Waals surface area contributed by atoms with Gasteiger partial charge in [-0.2, -0.15) is 0 Å². The molecule has 0 rings (SSSR count). The van der Waals surface area contributed by atoms with Crippen molar-refractivity contribution >= 4 is 5.78 Å². The first-order valence-corrected chi connectivity index (χ1v) is 3.83. The third kappa shape index (κ3) is 2.48. The van der Waals surface area contributed by atoms with Crippen LogP contribution in [0.3, 0.4) is 0 Å². The molecular formula is C8H17NO. The zero-order valence-corrected chi connectivity index (χ0v) is 7.27. The summed E-state index contributed by atoms with van der Waals surface area (Å²) >= 11 is 0. The van der Waals surface area contributed by atoms with Gasteiger partial charge in [0.15, 0.2) is 0 Å². The summed E-state index contributed by atoms with van der Waals surface area (Å²) in [5.74, 6) is 0.704. The van der Waals surface area contributed by atoms with Crippen LogP contribution in [-0.2, 0) is 4.79 Å². The lowest BCUT2D eigenvalue weighted by molar-refractivity contribution is -0.121. The van der Waals surface area contributed by atoms with Crippen molar-refractivity contribution in [2.45, 2.75) is 33.2 Å². The van der Waals surface area contributed by atoms with E-state index in [9.17, 15) is 4.79 Å². The molecule has 0 aliphatic carbocycles. The van der Waals surface area contributed by atoms with Crippen molar-refractivity contribution in [3.05, 3.63) is 0 Å². The van der Waals surface area contributed by atoms with E-state index in [4.69, 9.17) is 0 Å². The van der Waals surface area contributed by atoms with Gasteiger partial charge in [0.1, 0.15) is 5.78 Å². The zero-order valence-electron chi connectivity index (χ0n) is 7.27. The maximum absolute atomic E-state index is 11.1. The van der Waals surface area contributed by atoms with Crippen LogP contribution in [-0.4, -0.2) is 18.9 Å². The molecule has 0 radical (unpaired) electrons. The number of carbonyl (C=O) groups excluding carboxylic acids is 1. The molecule has 0 fully saturated rings. The number of rotatable bonds is 4. The van der Waals surface area contributed by atoms with Crippen LogP contribution in [0, 0.1) is 5.92 Å². The van der Waals surface area contributed by atoms with Gasteiger partial charge >= 0.3 is 0 Å². The quantitative estimate of drug-likeness (QED) is 0.641. The van der Waals surface area contributed by atoms with Crippen molar-refractivity contribution in [3.63, 3.8) is 0 Å². The Hall–Kier alpha value is -0.370. The third-order valence-corrected chi connectivity index (χ3v) is 1.67. The zero-order chi connectivity index (χ0) is 8.15. The van der Waals surface area contributed by atoms with Gasteiger partial charge in [0, 0.05) is 6.42 Å². The first kappa shape index (κ1) is 9.63. The van der Waals surface area contributed by atoms with E-state index in [-0.39, 0.29) is 6.04 Å². The van der Waals surface area contributed by atoms with Gasteiger partial charge in [0.05, 0.1) is 6.04 Å². The Balaban J connectivity index is 3.93. The summed E-state index contributed by atoms with van der Waals surface area (Å²) in [5, 5.41) is 3.00. The molecule has 0 amide bonds. The number of carbonyl (C=O) groups is 1. The molecule has 0 aliphatic heterocycles. The van der Waals surface area contributed by atoms with Gasteiger partial charge in [-0.05, 0) is 13.0 Å². The van der Waals surface area contributed by atoms with Crippen molar-refractivity contribution in [2.24, 2.45) is 5.92 Å². The van der Waals surface area contributed by atoms with E-state index in [0.717, 1.165) is 0 Å². The van der Waals surface area contributed by atoms with Gasteiger partial charge in [-0.25, -0.2) is 0 Å². The highest BCUT2D eigenvalue weighted by Crippen LogP contribution is 2.03. The Morgan fingerprint density at radius 1 is 1.50 bits per heavy atom. The van der Waals surface area contributed by atoms with Crippen molar-refractivity contribution in [2.75, 3.05) is 7.05 Å². The fourth-order valence-corrected chi connectivity index (χ4v) is 1.09. The molecular weight excluding hydrogens is 126 g/mol. The standard InChI is InChI=1S/C8H17NO/c1-5-7(10)8(9-4)6(2)3/h6,8-9H,5H2,1-4H3/t8-/m1/s1. The molecule has 0 aromatic carbocycles. The van der Waals surface area contributed by atoms with Crippen LogP contribution in [0.1, 0.15) is 27.2 Å². The molecule has 0 aliphatic rings. The Kier molecular flexibility index (Phi) is 4.28. The molecule has 10 heavy (non-hydrogen) atoms. The minimum Gasteiger partial charge on any atom is -0.310 e. The summed E-state index contributed by atoms with van der Waals surface area (Å²) in [6, 6.07) is 0.0463. The largest absolute Gasteiger partial charge is 0.310 e. The lowest BCUT2D eigenvalue weighted by atomic mass is 9.99. The Bertz CT molecular complexity index is 110. The molecule has 1 N–H and O–H groups in total. The first-order chi connectivity index (χ1) is 4.63. The van der Waals surface area contributed by atoms with E-state index >= 15 is 0 Å². The van der Waals surface area contributed by atoms with Crippen LogP contribution in [0.5, 0.6) is 0 Å². The predicted octanol–water partition coefficient (Wildman–Crippen LogP) is 1.21. The summed E-state index contributed by atoms with van der Waals surface area (Å²) in [5.41, 5.74) is 0. The number of hydrogen-bond acceptors (Lipinski definition) is 2. The van der Waals surface area contributed by atoms with Gasteiger partial charge < -0.3 is 5.32 Å². The molecule has 0 spiro atoms. The van der Waals surface area contributed by atoms with Gasteiger partial charge in [0.25, 0.3) is 0 Å². The van der Waals surface area contributed by atoms with Crippen LogP contribution in [0.15, 0.2) is 0 Å².